The van der Waals surface area contributed by atoms with Crippen molar-refractivity contribution in [1.82, 2.24) is 5.32 Å². The van der Waals surface area contributed by atoms with Gasteiger partial charge in [0, 0.05) is 12.1 Å². The predicted molar refractivity (Wildman–Crippen MR) is 72.6 cm³/mol. The van der Waals surface area contributed by atoms with Gasteiger partial charge in [0.1, 0.15) is 0 Å². The topological polar surface area (TPSA) is 12.0 Å². The van der Waals surface area contributed by atoms with Gasteiger partial charge in [-0.25, -0.2) is 0 Å². The lowest BCUT2D eigenvalue weighted by atomic mass is 9.67. The number of nitrogens with one attached hydrogen (secondary N) is 1. The Morgan fingerprint density at radius 1 is 0.562 bits per heavy atom. The van der Waals surface area contributed by atoms with E-state index in [1.165, 1.54) is 32.1 Å². The third-order valence-corrected chi connectivity index (χ3v) is 4.86. The first kappa shape index (κ1) is 14.0. The third kappa shape index (κ3) is 2.61. The van der Waals surface area contributed by atoms with Crippen LogP contribution in [-0.4, -0.2) is 12.1 Å². The molecular formula is C15H31N. The highest BCUT2D eigenvalue weighted by atomic mass is 15.0. The second-order valence-electron chi connectivity index (χ2n) is 5.41. The highest BCUT2D eigenvalue weighted by molar-refractivity contribution is 4.95. The number of hydrogen-bond donors (Lipinski definition) is 1. The molecule has 1 fully saturated rings. The predicted octanol–water partition coefficient (Wildman–Crippen LogP) is 4.23. The summed E-state index contributed by atoms with van der Waals surface area (Å²) in [6.45, 7) is 11.8. The summed E-state index contributed by atoms with van der Waals surface area (Å²) in [6.07, 6.45) is 6.64. The summed E-state index contributed by atoms with van der Waals surface area (Å²) in [7, 11) is 0. The van der Waals surface area contributed by atoms with Gasteiger partial charge in [0.15, 0.2) is 0 Å². The van der Waals surface area contributed by atoms with Crippen molar-refractivity contribution in [3.05, 3.63) is 0 Å². The maximum absolute atomic E-state index is 3.92. The van der Waals surface area contributed by atoms with Crippen molar-refractivity contribution in [1.29, 1.82) is 0 Å². The molecule has 4 atom stereocenters. The monoisotopic (exact) mass is 225 g/mol. The molecule has 1 aliphatic heterocycles. The second kappa shape index (κ2) is 6.64. The van der Waals surface area contributed by atoms with E-state index in [0.29, 0.717) is 0 Å². The Bertz CT molecular complexity index is 172. The van der Waals surface area contributed by atoms with Crippen LogP contribution in [0, 0.1) is 17.8 Å². The van der Waals surface area contributed by atoms with Crippen molar-refractivity contribution in [2.75, 3.05) is 0 Å². The van der Waals surface area contributed by atoms with E-state index < -0.39 is 0 Å². The van der Waals surface area contributed by atoms with Crippen LogP contribution in [0.1, 0.15) is 66.7 Å². The second-order valence-corrected chi connectivity index (χ2v) is 5.41. The SMILES string of the molecule is CCC1NC(CC)C(CC)C(CC)C1CC. The lowest BCUT2D eigenvalue weighted by Crippen LogP contribution is -2.56. The summed E-state index contributed by atoms with van der Waals surface area (Å²) >= 11 is 0. The van der Waals surface area contributed by atoms with Crippen molar-refractivity contribution >= 4 is 0 Å². The Balaban J connectivity index is 2.85. The third-order valence-electron chi connectivity index (χ3n) is 4.86. The van der Waals surface area contributed by atoms with E-state index in [1.807, 2.05) is 0 Å². The lowest BCUT2D eigenvalue weighted by molar-refractivity contribution is 0.0636. The maximum atomic E-state index is 3.92. The fourth-order valence-electron chi connectivity index (χ4n) is 4.06. The van der Waals surface area contributed by atoms with E-state index in [0.717, 1.165) is 29.8 Å². The molecule has 0 aromatic rings. The van der Waals surface area contributed by atoms with Crippen LogP contribution in [0.25, 0.3) is 0 Å². The average Bonchev–Trinajstić information content (AvgIpc) is 2.35. The first-order chi connectivity index (χ1) is 7.73. The van der Waals surface area contributed by atoms with Gasteiger partial charge < -0.3 is 5.32 Å². The average molecular weight is 225 g/mol. The number of hydrogen-bond acceptors (Lipinski definition) is 1. The maximum Gasteiger partial charge on any atom is 0.00980 e. The van der Waals surface area contributed by atoms with Gasteiger partial charge in [0.25, 0.3) is 0 Å². The Morgan fingerprint density at radius 2 is 0.938 bits per heavy atom. The number of rotatable bonds is 5. The van der Waals surface area contributed by atoms with E-state index in [-0.39, 0.29) is 0 Å². The fraction of sp³-hybridized carbons (Fsp3) is 1.00. The van der Waals surface area contributed by atoms with Gasteiger partial charge in [-0.2, -0.15) is 0 Å². The van der Waals surface area contributed by atoms with Crippen LogP contribution in [0.3, 0.4) is 0 Å². The Hall–Kier alpha value is -0.0400. The summed E-state index contributed by atoms with van der Waals surface area (Å²) in [4.78, 5) is 0. The van der Waals surface area contributed by atoms with E-state index in [1.54, 1.807) is 0 Å². The zero-order valence-corrected chi connectivity index (χ0v) is 11.9. The van der Waals surface area contributed by atoms with E-state index in [2.05, 4.69) is 39.9 Å². The van der Waals surface area contributed by atoms with Gasteiger partial charge >= 0.3 is 0 Å². The molecule has 1 N–H and O–H groups in total. The molecule has 96 valence electrons. The van der Waals surface area contributed by atoms with Crippen LogP contribution >= 0.6 is 0 Å². The molecule has 1 rings (SSSR count). The van der Waals surface area contributed by atoms with Crippen molar-refractivity contribution in [3.63, 3.8) is 0 Å². The molecule has 0 saturated carbocycles. The molecular weight excluding hydrogens is 194 g/mol. The summed E-state index contributed by atoms with van der Waals surface area (Å²) in [5, 5.41) is 3.92. The van der Waals surface area contributed by atoms with Crippen LogP contribution in [0.4, 0.5) is 0 Å². The molecule has 0 amide bonds. The molecule has 0 aromatic heterocycles. The van der Waals surface area contributed by atoms with E-state index in [9.17, 15) is 0 Å². The Morgan fingerprint density at radius 3 is 1.19 bits per heavy atom. The molecule has 4 unspecified atom stereocenters. The Labute approximate surface area is 102 Å². The smallest absolute Gasteiger partial charge is 0.00980 e. The van der Waals surface area contributed by atoms with Gasteiger partial charge in [-0.3, -0.25) is 0 Å². The van der Waals surface area contributed by atoms with Gasteiger partial charge in [-0.15, -0.1) is 0 Å². The molecule has 0 aliphatic carbocycles. The standard InChI is InChI=1S/C15H31N/c1-6-11-12(7-2)14(9-4)16-15(10-5)13(11)8-3/h11-16H,6-10H2,1-5H3. The first-order valence-electron chi connectivity index (χ1n) is 7.49. The molecule has 0 aromatic carbocycles. The van der Waals surface area contributed by atoms with Crippen LogP contribution in [0.5, 0.6) is 0 Å². The van der Waals surface area contributed by atoms with Crippen molar-refractivity contribution in [3.8, 4) is 0 Å². The highest BCUT2D eigenvalue weighted by Crippen LogP contribution is 2.39. The van der Waals surface area contributed by atoms with Gasteiger partial charge in [-0.1, -0.05) is 53.9 Å². The quantitative estimate of drug-likeness (QED) is 0.738. The molecule has 0 bridgehead atoms. The van der Waals surface area contributed by atoms with Gasteiger partial charge in [-0.05, 0) is 30.6 Å². The van der Waals surface area contributed by atoms with E-state index in [4.69, 9.17) is 0 Å². The van der Waals surface area contributed by atoms with Crippen LogP contribution in [-0.2, 0) is 0 Å². The largest absolute Gasteiger partial charge is 0.311 e. The minimum atomic E-state index is 0.766. The molecule has 1 saturated heterocycles. The molecule has 1 nitrogen and oxygen atoms in total. The summed E-state index contributed by atoms with van der Waals surface area (Å²) < 4.78 is 0. The van der Waals surface area contributed by atoms with Crippen molar-refractivity contribution in [2.24, 2.45) is 17.8 Å². The summed E-state index contributed by atoms with van der Waals surface area (Å²) in [6, 6.07) is 1.53. The van der Waals surface area contributed by atoms with Gasteiger partial charge in [0.05, 0.1) is 0 Å². The first-order valence-corrected chi connectivity index (χ1v) is 7.49. The molecule has 1 aliphatic rings. The summed E-state index contributed by atoms with van der Waals surface area (Å²) in [5.41, 5.74) is 0. The van der Waals surface area contributed by atoms with Crippen LogP contribution in [0.2, 0.25) is 0 Å². The molecule has 0 radical (unpaired) electrons. The normalized spacial score (nSPS) is 39.9. The highest BCUT2D eigenvalue weighted by Gasteiger charge is 2.39. The zero-order valence-electron chi connectivity index (χ0n) is 11.9. The molecule has 1 heteroatoms. The zero-order chi connectivity index (χ0) is 12.1. The minimum Gasteiger partial charge on any atom is -0.311 e. The van der Waals surface area contributed by atoms with Crippen molar-refractivity contribution < 1.29 is 0 Å². The fourth-order valence-corrected chi connectivity index (χ4v) is 4.06. The molecule has 1 heterocycles. The van der Waals surface area contributed by atoms with Gasteiger partial charge in [0.2, 0.25) is 0 Å². The lowest BCUT2D eigenvalue weighted by Gasteiger charge is -2.48. The van der Waals surface area contributed by atoms with Crippen molar-refractivity contribution in [2.45, 2.75) is 78.8 Å². The van der Waals surface area contributed by atoms with Crippen LogP contribution < -0.4 is 5.32 Å². The summed E-state index contributed by atoms with van der Waals surface area (Å²) in [5.74, 6) is 2.76. The molecule has 0 spiro atoms. The number of piperidine rings is 1. The Kier molecular flexibility index (Phi) is 5.82. The minimum absolute atomic E-state index is 0.766. The van der Waals surface area contributed by atoms with E-state index >= 15 is 0 Å². The molecule has 16 heavy (non-hydrogen) atoms. The van der Waals surface area contributed by atoms with Crippen LogP contribution in [0.15, 0.2) is 0 Å².